The number of benzene rings is 1. The summed E-state index contributed by atoms with van der Waals surface area (Å²) in [5.74, 6) is 1.19. The molecule has 21 heavy (non-hydrogen) atoms. The van der Waals surface area contributed by atoms with Crippen LogP contribution in [0.4, 0.5) is 10.5 Å². The Balaban J connectivity index is 2.53. The van der Waals surface area contributed by atoms with Gasteiger partial charge in [0.2, 0.25) is 0 Å². The standard InChI is InChI=1S/C16H26N2O2S/c1-11(8-12(2)19)9-17-16(20)18-15-7-5-6-14(10-21-4)13(15)3/h5-7,11-12,19H,8-10H2,1-4H3,(H2,17,18,20)/t11-,12-/m1/s1. The average molecular weight is 310 g/mol. The molecule has 0 bridgehead atoms. The van der Waals surface area contributed by atoms with Gasteiger partial charge in [0, 0.05) is 18.0 Å². The highest BCUT2D eigenvalue weighted by Crippen LogP contribution is 2.21. The van der Waals surface area contributed by atoms with Gasteiger partial charge in [-0.1, -0.05) is 19.1 Å². The molecule has 0 aliphatic heterocycles. The number of thioether (sulfide) groups is 1. The zero-order chi connectivity index (χ0) is 15.8. The minimum atomic E-state index is -0.338. The Morgan fingerprint density at radius 3 is 2.71 bits per heavy atom. The van der Waals surface area contributed by atoms with Crippen molar-refractivity contribution < 1.29 is 9.90 Å². The summed E-state index contributed by atoms with van der Waals surface area (Å²) in [6, 6.07) is 5.76. The van der Waals surface area contributed by atoms with E-state index in [2.05, 4.69) is 23.0 Å². The molecule has 0 aliphatic carbocycles. The van der Waals surface area contributed by atoms with Gasteiger partial charge in [0.25, 0.3) is 0 Å². The van der Waals surface area contributed by atoms with Crippen LogP contribution in [0.3, 0.4) is 0 Å². The number of anilines is 1. The average Bonchev–Trinajstić information content (AvgIpc) is 2.40. The Morgan fingerprint density at radius 2 is 2.10 bits per heavy atom. The number of carbonyl (C=O) groups excluding carboxylic acids is 1. The van der Waals surface area contributed by atoms with Crippen LogP contribution in [0.25, 0.3) is 0 Å². The molecular weight excluding hydrogens is 284 g/mol. The maximum absolute atomic E-state index is 11.9. The summed E-state index contributed by atoms with van der Waals surface area (Å²) in [6.45, 7) is 6.35. The van der Waals surface area contributed by atoms with E-state index in [1.54, 1.807) is 18.7 Å². The number of aliphatic hydroxyl groups excluding tert-OH is 1. The molecule has 0 unspecified atom stereocenters. The zero-order valence-corrected chi connectivity index (χ0v) is 14.1. The van der Waals surface area contributed by atoms with Crippen molar-refractivity contribution in [1.82, 2.24) is 5.32 Å². The molecule has 118 valence electrons. The molecule has 2 atom stereocenters. The second kappa shape index (κ2) is 8.95. The summed E-state index contributed by atoms with van der Waals surface area (Å²) in [5, 5.41) is 15.1. The van der Waals surface area contributed by atoms with Crippen molar-refractivity contribution in [3.63, 3.8) is 0 Å². The molecule has 0 aliphatic rings. The van der Waals surface area contributed by atoms with Crippen LogP contribution in [0, 0.1) is 12.8 Å². The highest BCUT2D eigenvalue weighted by Gasteiger charge is 2.10. The fourth-order valence-corrected chi connectivity index (χ4v) is 2.85. The predicted octanol–water partition coefficient (Wildman–Crippen LogP) is 3.39. The fourth-order valence-electron chi connectivity index (χ4n) is 2.23. The Kier molecular flexibility index (Phi) is 7.61. The summed E-state index contributed by atoms with van der Waals surface area (Å²) in [6.07, 6.45) is 2.41. The Hall–Kier alpha value is -1.20. The molecule has 0 saturated heterocycles. The van der Waals surface area contributed by atoms with Gasteiger partial charge in [0.1, 0.15) is 0 Å². The molecule has 0 spiro atoms. The van der Waals surface area contributed by atoms with Crippen molar-refractivity contribution in [2.45, 2.75) is 39.0 Å². The lowest BCUT2D eigenvalue weighted by Gasteiger charge is -2.16. The molecule has 5 heteroatoms. The number of rotatable bonds is 7. The minimum Gasteiger partial charge on any atom is -0.393 e. The Bertz CT molecular complexity index is 464. The molecular formula is C16H26N2O2S. The molecule has 0 saturated carbocycles. The molecule has 0 aromatic heterocycles. The first-order chi connectivity index (χ1) is 9.93. The summed E-state index contributed by atoms with van der Waals surface area (Å²) < 4.78 is 0. The van der Waals surface area contributed by atoms with Crippen LogP contribution in [0.5, 0.6) is 0 Å². The molecule has 2 amide bonds. The second-order valence-electron chi connectivity index (χ2n) is 5.55. The zero-order valence-electron chi connectivity index (χ0n) is 13.3. The molecule has 1 aromatic rings. The van der Waals surface area contributed by atoms with E-state index in [9.17, 15) is 9.90 Å². The third kappa shape index (κ3) is 6.40. The topological polar surface area (TPSA) is 61.4 Å². The van der Waals surface area contributed by atoms with Gasteiger partial charge in [0.05, 0.1) is 6.10 Å². The van der Waals surface area contributed by atoms with Gasteiger partial charge >= 0.3 is 6.03 Å². The van der Waals surface area contributed by atoms with Gasteiger partial charge in [0.15, 0.2) is 0 Å². The molecule has 0 fully saturated rings. The van der Waals surface area contributed by atoms with Gasteiger partial charge < -0.3 is 15.7 Å². The lowest BCUT2D eigenvalue weighted by atomic mass is 10.1. The monoisotopic (exact) mass is 310 g/mol. The molecule has 3 N–H and O–H groups in total. The van der Waals surface area contributed by atoms with Crippen LogP contribution in [-0.4, -0.2) is 30.0 Å². The fraction of sp³-hybridized carbons (Fsp3) is 0.562. The number of aliphatic hydroxyl groups is 1. The van der Waals surface area contributed by atoms with E-state index in [0.717, 1.165) is 17.0 Å². The molecule has 4 nitrogen and oxygen atoms in total. The first-order valence-corrected chi connectivity index (χ1v) is 8.63. The highest BCUT2D eigenvalue weighted by molar-refractivity contribution is 7.97. The predicted molar refractivity (Wildman–Crippen MR) is 90.9 cm³/mol. The van der Waals surface area contributed by atoms with Crippen LogP contribution < -0.4 is 10.6 Å². The van der Waals surface area contributed by atoms with E-state index in [4.69, 9.17) is 0 Å². The van der Waals surface area contributed by atoms with E-state index in [1.165, 1.54) is 5.56 Å². The van der Waals surface area contributed by atoms with Crippen LogP contribution in [0.1, 0.15) is 31.4 Å². The highest BCUT2D eigenvalue weighted by atomic mass is 32.2. The first kappa shape index (κ1) is 17.9. The Labute approximate surface area is 131 Å². The van der Waals surface area contributed by atoms with Gasteiger partial charge in [-0.15, -0.1) is 0 Å². The van der Waals surface area contributed by atoms with Crippen LogP contribution in [-0.2, 0) is 5.75 Å². The van der Waals surface area contributed by atoms with Crippen LogP contribution in [0.2, 0.25) is 0 Å². The lowest BCUT2D eigenvalue weighted by molar-refractivity contribution is 0.163. The number of carbonyl (C=O) groups is 1. The van der Waals surface area contributed by atoms with Crippen LogP contribution >= 0.6 is 11.8 Å². The summed E-state index contributed by atoms with van der Waals surface area (Å²) in [4.78, 5) is 11.9. The van der Waals surface area contributed by atoms with Crippen molar-refractivity contribution in [1.29, 1.82) is 0 Å². The van der Waals surface area contributed by atoms with E-state index in [-0.39, 0.29) is 18.1 Å². The van der Waals surface area contributed by atoms with E-state index in [0.29, 0.717) is 13.0 Å². The normalized spacial score (nSPS) is 13.6. The maximum Gasteiger partial charge on any atom is 0.319 e. The van der Waals surface area contributed by atoms with Gasteiger partial charge in [-0.05, 0) is 49.6 Å². The number of urea groups is 1. The first-order valence-electron chi connectivity index (χ1n) is 7.24. The third-order valence-electron chi connectivity index (χ3n) is 3.35. The van der Waals surface area contributed by atoms with Gasteiger partial charge in [-0.2, -0.15) is 11.8 Å². The van der Waals surface area contributed by atoms with Crippen molar-refractivity contribution in [3.05, 3.63) is 29.3 Å². The van der Waals surface area contributed by atoms with E-state index >= 15 is 0 Å². The van der Waals surface area contributed by atoms with Crippen LogP contribution in [0.15, 0.2) is 18.2 Å². The van der Waals surface area contributed by atoms with Crippen molar-refractivity contribution in [2.24, 2.45) is 5.92 Å². The second-order valence-corrected chi connectivity index (χ2v) is 6.41. The third-order valence-corrected chi connectivity index (χ3v) is 3.95. The van der Waals surface area contributed by atoms with Crippen molar-refractivity contribution in [2.75, 3.05) is 18.1 Å². The summed E-state index contributed by atoms with van der Waals surface area (Å²) >= 11 is 1.76. The number of hydrogen-bond acceptors (Lipinski definition) is 3. The number of amides is 2. The molecule has 1 aromatic carbocycles. The summed E-state index contributed by atoms with van der Waals surface area (Å²) in [5.41, 5.74) is 3.20. The van der Waals surface area contributed by atoms with Gasteiger partial charge in [-0.3, -0.25) is 0 Å². The Morgan fingerprint density at radius 1 is 1.38 bits per heavy atom. The minimum absolute atomic E-state index is 0.197. The van der Waals surface area contributed by atoms with E-state index < -0.39 is 0 Å². The smallest absolute Gasteiger partial charge is 0.319 e. The van der Waals surface area contributed by atoms with E-state index in [1.807, 2.05) is 26.0 Å². The molecule has 0 radical (unpaired) electrons. The molecule has 0 heterocycles. The van der Waals surface area contributed by atoms with Gasteiger partial charge in [-0.25, -0.2) is 4.79 Å². The maximum atomic E-state index is 11.9. The lowest BCUT2D eigenvalue weighted by Crippen LogP contribution is -2.33. The summed E-state index contributed by atoms with van der Waals surface area (Å²) in [7, 11) is 0. The largest absolute Gasteiger partial charge is 0.393 e. The van der Waals surface area contributed by atoms with Crippen molar-refractivity contribution in [3.8, 4) is 0 Å². The quantitative estimate of drug-likeness (QED) is 0.723. The van der Waals surface area contributed by atoms with Crippen molar-refractivity contribution >= 4 is 23.5 Å². The number of nitrogens with one attached hydrogen (secondary N) is 2. The molecule has 1 rings (SSSR count). The number of hydrogen-bond donors (Lipinski definition) is 3. The SMILES string of the molecule is CSCc1cccc(NC(=O)NC[C@H](C)C[C@@H](C)O)c1C.